The normalized spacial score (nSPS) is 19.0. The number of benzene rings is 2. The summed E-state index contributed by atoms with van der Waals surface area (Å²) in [7, 11) is 1.49. The third-order valence-corrected chi connectivity index (χ3v) is 6.05. The van der Waals surface area contributed by atoms with Crippen LogP contribution in [-0.4, -0.2) is 34.1 Å². The third-order valence-electron chi connectivity index (χ3n) is 6.05. The maximum atomic E-state index is 14.1. The van der Waals surface area contributed by atoms with E-state index in [2.05, 4.69) is 15.7 Å². The van der Waals surface area contributed by atoms with Gasteiger partial charge in [0.1, 0.15) is 5.82 Å². The molecule has 33 heavy (non-hydrogen) atoms. The molecule has 1 aliphatic rings. The van der Waals surface area contributed by atoms with Crippen LogP contribution in [0.1, 0.15) is 43.0 Å². The molecule has 174 valence electrons. The maximum absolute atomic E-state index is 14.1. The van der Waals surface area contributed by atoms with E-state index in [4.69, 9.17) is 4.74 Å². The van der Waals surface area contributed by atoms with Crippen molar-refractivity contribution in [2.24, 2.45) is 0 Å². The van der Waals surface area contributed by atoms with Crippen LogP contribution in [0.4, 0.5) is 19.4 Å². The summed E-state index contributed by atoms with van der Waals surface area (Å²) in [6.45, 7) is 5.44. The van der Waals surface area contributed by atoms with E-state index in [9.17, 15) is 18.7 Å². The number of fused-ring (bicyclic) bond motifs is 1. The van der Waals surface area contributed by atoms with E-state index in [1.807, 2.05) is 44.2 Å². The minimum absolute atomic E-state index is 0.269. The second-order valence-electron chi connectivity index (χ2n) is 8.82. The Morgan fingerprint density at radius 2 is 1.88 bits per heavy atom. The lowest BCUT2D eigenvalue weighted by Gasteiger charge is -2.40. The van der Waals surface area contributed by atoms with Gasteiger partial charge in [-0.25, -0.2) is 18.3 Å². The highest BCUT2D eigenvalue weighted by atomic mass is 19.2. The molecule has 0 spiro atoms. The number of methoxy groups -OCH3 is 1. The molecule has 3 N–H and O–H groups in total. The second kappa shape index (κ2) is 8.47. The van der Waals surface area contributed by atoms with Gasteiger partial charge in [0.2, 0.25) is 5.88 Å². The predicted octanol–water partition coefficient (Wildman–Crippen LogP) is 4.37. The van der Waals surface area contributed by atoms with Crippen LogP contribution in [0.2, 0.25) is 0 Å². The summed E-state index contributed by atoms with van der Waals surface area (Å²) in [4.78, 5) is 13.0. The fourth-order valence-electron chi connectivity index (χ4n) is 4.39. The third kappa shape index (κ3) is 4.16. The van der Waals surface area contributed by atoms with Gasteiger partial charge in [0.25, 0.3) is 0 Å². The van der Waals surface area contributed by atoms with E-state index in [1.165, 1.54) is 11.8 Å². The number of para-hydroxylation sites is 1. The monoisotopic (exact) mass is 456 g/mol. The summed E-state index contributed by atoms with van der Waals surface area (Å²) in [5.41, 5.74) is 1.62. The minimum Gasteiger partial charge on any atom is -0.480 e. The highest BCUT2D eigenvalue weighted by Crippen LogP contribution is 2.42. The molecule has 1 aliphatic carbocycles. The molecule has 4 rings (SSSR count). The first-order valence-corrected chi connectivity index (χ1v) is 10.6. The zero-order valence-corrected chi connectivity index (χ0v) is 18.8. The number of nitrogens with zero attached hydrogens (tertiary/aromatic N) is 2. The number of carbonyl (C=O) groups is 1. The van der Waals surface area contributed by atoms with Crippen LogP contribution in [0.5, 0.6) is 5.88 Å². The first-order valence-electron chi connectivity index (χ1n) is 10.6. The number of carbonyl (C=O) groups excluding carboxylic acids is 1. The Hall–Kier alpha value is -3.46. The Labute approximate surface area is 190 Å². The fourth-order valence-corrected chi connectivity index (χ4v) is 4.39. The van der Waals surface area contributed by atoms with Gasteiger partial charge in [-0.05, 0) is 54.2 Å². The molecule has 0 saturated heterocycles. The highest BCUT2D eigenvalue weighted by Gasteiger charge is 2.40. The van der Waals surface area contributed by atoms with Crippen LogP contribution in [0.25, 0.3) is 5.69 Å². The summed E-state index contributed by atoms with van der Waals surface area (Å²) in [5.74, 6) is -1.27. The summed E-state index contributed by atoms with van der Waals surface area (Å²) in [5, 5.41) is 20.6. The van der Waals surface area contributed by atoms with Crippen molar-refractivity contribution in [2.75, 3.05) is 12.4 Å². The summed E-state index contributed by atoms with van der Waals surface area (Å²) in [6.07, 6.45) is -0.719. The molecule has 0 fully saturated rings. The number of hydrogen-bond donors (Lipinski definition) is 3. The van der Waals surface area contributed by atoms with Crippen LogP contribution < -0.4 is 15.4 Å². The van der Waals surface area contributed by atoms with Gasteiger partial charge in [-0.3, -0.25) is 5.32 Å². The molecular formula is C24H26F2N4O3. The Morgan fingerprint density at radius 1 is 1.21 bits per heavy atom. The quantitative estimate of drug-likeness (QED) is 0.544. The standard InChI is InChI=1S/C24H26F2N4O3/c1-13-21(30(29-22(13)33-4)14-8-6-5-7-9-14)28-23(32)27-20-15-10-17(25)18(26)11-16(15)24(2,3)12-19(20)31/h5-11,19-20,31H,12H2,1-4H3,(H2,27,28,32)/t19?,20-/m1/s1. The molecule has 1 aromatic heterocycles. The first kappa shape index (κ1) is 22.7. The van der Waals surface area contributed by atoms with E-state index in [1.54, 1.807) is 6.92 Å². The number of aliphatic hydroxyl groups is 1. The number of urea groups is 1. The number of nitrogens with one attached hydrogen (secondary N) is 2. The molecule has 0 bridgehead atoms. The number of amides is 2. The molecule has 1 heterocycles. The Bertz CT molecular complexity index is 1190. The number of aliphatic hydroxyl groups excluding tert-OH is 1. The van der Waals surface area contributed by atoms with Gasteiger partial charge in [0.15, 0.2) is 11.6 Å². The predicted molar refractivity (Wildman–Crippen MR) is 120 cm³/mol. The van der Waals surface area contributed by atoms with E-state index in [-0.39, 0.29) is 6.42 Å². The van der Waals surface area contributed by atoms with Gasteiger partial charge in [0.05, 0.1) is 30.5 Å². The van der Waals surface area contributed by atoms with Crippen molar-refractivity contribution in [3.8, 4) is 11.6 Å². The minimum atomic E-state index is -1.03. The van der Waals surface area contributed by atoms with Crippen molar-refractivity contribution in [2.45, 2.75) is 44.8 Å². The maximum Gasteiger partial charge on any atom is 0.320 e. The first-order chi connectivity index (χ1) is 15.6. The largest absolute Gasteiger partial charge is 0.480 e. The van der Waals surface area contributed by atoms with E-state index >= 15 is 0 Å². The molecule has 2 aromatic carbocycles. The lowest BCUT2D eigenvalue weighted by molar-refractivity contribution is 0.0878. The molecule has 9 heteroatoms. The van der Waals surface area contributed by atoms with Crippen LogP contribution in [-0.2, 0) is 5.41 Å². The SMILES string of the molecule is COc1nn(-c2ccccc2)c(NC(=O)N[C@@H]2c3cc(F)c(F)cc3C(C)(C)CC2O)c1C. The summed E-state index contributed by atoms with van der Waals surface area (Å²) < 4.78 is 34.9. The molecule has 0 aliphatic heterocycles. The van der Waals surface area contributed by atoms with Gasteiger partial charge in [-0.1, -0.05) is 32.0 Å². The molecule has 1 unspecified atom stereocenters. The van der Waals surface area contributed by atoms with Crippen molar-refractivity contribution < 1.29 is 23.4 Å². The zero-order chi connectivity index (χ0) is 23.9. The van der Waals surface area contributed by atoms with E-state index in [0.717, 1.165) is 12.1 Å². The number of halogens is 2. The van der Waals surface area contributed by atoms with E-state index in [0.29, 0.717) is 34.1 Å². The summed E-state index contributed by atoms with van der Waals surface area (Å²) in [6, 6.07) is 9.84. The number of ether oxygens (including phenoxy) is 1. The van der Waals surface area contributed by atoms with Crippen molar-refractivity contribution in [1.82, 2.24) is 15.1 Å². The smallest absolute Gasteiger partial charge is 0.320 e. The van der Waals surface area contributed by atoms with Gasteiger partial charge in [-0.15, -0.1) is 5.10 Å². The lowest BCUT2D eigenvalue weighted by Crippen LogP contribution is -2.45. The molecule has 0 radical (unpaired) electrons. The van der Waals surface area contributed by atoms with Crippen LogP contribution in [0, 0.1) is 18.6 Å². The van der Waals surface area contributed by atoms with Crippen molar-refractivity contribution >= 4 is 11.8 Å². The number of rotatable bonds is 4. The second-order valence-corrected chi connectivity index (χ2v) is 8.82. The molecule has 2 amide bonds. The Kier molecular flexibility index (Phi) is 5.84. The Balaban J connectivity index is 1.66. The highest BCUT2D eigenvalue weighted by molar-refractivity contribution is 5.90. The van der Waals surface area contributed by atoms with Crippen molar-refractivity contribution in [1.29, 1.82) is 0 Å². The number of hydrogen-bond acceptors (Lipinski definition) is 4. The number of anilines is 1. The fraction of sp³-hybridized carbons (Fsp3) is 0.333. The summed E-state index contributed by atoms with van der Waals surface area (Å²) >= 11 is 0. The Morgan fingerprint density at radius 3 is 2.55 bits per heavy atom. The molecule has 3 aromatic rings. The van der Waals surface area contributed by atoms with Crippen LogP contribution in [0.3, 0.4) is 0 Å². The molecular weight excluding hydrogens is 430 g/mol. The number of aromatic nitrogens is 2. The topological polar surface area (TPSA) is 88.4 Å². The molecule has 2 atom stereocenters. The van der Waals surface area contributed by atoms with E-state index < -0.39 is 35.2 Å². The van der Waals surface area contributed by atoms with Gasteiger partial charge in [0, 0.05) is 0 Å². The lowest BCUT2D eigenvalue weighted by atomic mass is 9.69. The molecule has 7 nitrogen and oxygen atoms in total. The average Bonchev–Trinajstić information content (AvgIpc) is 3.08. The van der Waals surface area contributed by atoms with Gasteiger partial charge in [-0.2, -0.15) is 0 Å². The average molecular weight is 456 g/mol. The van der Waals surface area contributed by atoms with Gasteiger partial charge >= 0.3 is 6.03 Å². The van der Waals surface area contributed by atoms with Crippen LogP contribution >= 0.6 is 0 Å². The van der Waals surface area contributed by atoms with Gasteiger partial charge < -0.3 is 15.2 Å². The van der Waals surface area contributed by atoms with Crippen molar-refractivity contribution in [3.05, 3.63) is 70.8 Å². The molecule has 0 saturated carbocycles. The van der Waals surface area contributed by atoms with Crippen molar-refractivity contribution in [3.63, 3.8) is 0 Å². The zero-order valence-electron chi connectivity index (χ0n) is 18.8. The van der Waals surface area contributed by atoms with Crippen LogP contribution in [0.15, 0.2) is 42.5 Å².